The van der Waals surface area contributed by atoms with Crippen LogP contribution >= 0.6 is 22.9 Å². The van der Waals surface area contributed by atoms with Crippen LogP contribution < -0.4 is 10.2 Å². The van der Waals surface area contributed by atoms with E-state index in [4.69, 9.17) is 11.6 Å². The van der Waals surface area contributed by atoms with Crippen LogP contribution in [0.25, 0.3) is 0 Å². The molecule has 1 aromatic carbocycles. The zero-order valence-electron chi connectivity index (χ0n) is 12.2. The molecule has 6 heteroatoms. The predicted octanol–water partition coefficient (Wildman–Crippen LogP) is 3.37. The molecule has 1 aliphatic rings. The molecule has 0 radical (unpaired) electrons. The lowest BCUT2D eigenvalue weighted by atomic mass is 10.2. The van der Waals surface area contributed by atoms with Gasteiger partial charge in [-0.3, -0.25) is 4.79 Å². The number of rotatable bonds is 5. The summed E-state index contributed by atoms with van der Waals surface area (Å²) in [5.41, 5.74) is 1.63. The first kappa shape index (κ1) is 15.3. The maximum absolute atomic E-state index is 12.0. The van der Waals surface area contributed by atoms with Gasteiger partial charge in [-0.1, -0.05) is 17.7 Å². The largest absolute Gasteiger partial charge is 0.352 e. The second-order valence-electron chi connectivity index (χ2n) is 5.33. The first-order valence-electron chi connectivity index (χ1n) is 7.45. The fourth-order valence-electron chi connectivity index (χ4n) is 2.50. The van der Waals surface area contributed by atoms with Crippen molar-refractivity contribution in [3.63, 3.8) is 0 Å². The molecule has 1 fully saturated rings. The maximum atomic E-state index is 12.0. The highest BCUT2D eigenvalue weighted by atomic mass is 35.5. The van der Waals surface area contributed by atoms with Crippen molar-refractivity contribution in [3.05, 3.63) is 45.9 Å². The van der Waals surface area contributed by atoms with E-state index in [1.54, 1.807) is 35.6 Å². The van der Waals surface area contributed by atoms with Gasteiger partial charge in [0.25, 0.3) is 5.91 Å². The molecule has 0 saturated carbocycles. The Morgan fingerprint density at radius 3 is 2.95 bits per heavy atom. The average molecular weight is 336 g/mol. The van der Waals surface area contributed by atoms with Gasteiger partial charge >= 0.3 is 0 Å². The third-order valence-electron chi connectivity index (χ3n) is 3.67. The molecule has 2 aromatic rings. The molecule has 0 unspecified atom stereocenters. The van der Waals surface area contributed by atoms with E-state index in [0.29, 0.717) is 17.1 Å². The summed E-state index contributed by atoms with van der Waals surface area (Å²) in [7, 11) is 0. The van der Waals surface area contributed by atoms with Gasteiger partial charge in [-0.2, -0.15) is 0 Å². The van der Waals surface area contributed by atoms with Crippen LogP contribution in [0.2, 0.25) is 5.02 Å². The van der Waals surface area contributed by atoms with Crippen LogP contribution in [0.15, 0.2) is 29.6 Å². The van der Waals surface area contributed by atoms with Crippen molar-refractivity contribution in [2.75, 3.05) is 24.5 Å². The molecule has 1 N–H and O–H groups in total. The van der Waals surface area contributed by atoms with Crippen LogP contribution in [-0.4, -0.2) is 30.5 Å². The van der Waals surface area contributed by atoms with Gasteiger partial charge in [-0.15, -0.1) is 11.3 Å². The quantitative estimate of drug-likeness (QED) is 0.911. The molecular formula is C16H18ClN3OS. The number of benzene rings is 1. The van der Waals surface area contributed by atoms with Gasteiger partial charge in [0, 0.05) is 42.0 Å². The Balaban J connectivity index is 1.49. The Kier molecular flexibility index (Phi) is 4.95. The van der Waals surface area contributed by atoms with Crippen molar-refractivity contribution in [2.24, 2.45) is 0 Å². The van der Waals surface area contributed by atoms with Gasteiger partial charge in [0.2, 0.25) is 0 Å². The topological polar surface area (TPSA) is 45.2 Å². The highest BCUT2D eigenvalue weighted by molar-refractivity contribution is 7.13. The summed E-state index contributed by atoms with van der Waals surface area (Å²) in [5, 5.41) is 6.67. The highest BCUT2D eigenvalue weighted by Gasteiger charge is 2.15. The molecule has 2 heterocycles. The zero-order valence-corrected chi connectivity index (χ0v) is 13.8. The number of aromatic nitrogens is 1. The number of carbonyl (C=O) groups is 1. The summed E-state index contributed by atoms with van der Waals surface area (Å²) < 4.78 is 0. The second kappa shape index (κ2) is 7.11. The molecule has 1 aromatic heterocycles. The molecule has 22 heavy (non-hydrogen) atoms. The van der Waals surface area contributed by atoms with E-state index in [9.17, 15) is 4.79 Å². The molecule has 116 valence electrons. The monoisotopic (exact) mass is 335 g/mol. The van der Waals surface area contributed by atoms with E-state index >= 15 is 0 Å². The zero-order chi connectivity index (χ0) is 15.4. The number of anilines is 1. The van der Waals surface area contributed by atoms with E-state index in [0.717, 1.165) is 30.3 Å². The van der Waals surface area contributed by atoms with E-state index < -0.39 is 0 Å². The van der Waals surface area contributed by atoms with Crippen molar-refractivity contribution < 1.29 is 4.79 Å². The first-order valence-corrected chi connectivity index (χ1v) is 8.71. The summed E-state index contributed by atoms with van der Waals surface area (Å²) in [5.74, 6) is -0.0995. The molecule has 1 saturated heterocycles. The summed E-state index contributed by atoms with van der Waals surface area (Å²) in [6, 6.07) is 6.97. The average Bonchev–Trinajstić information content (AvgIpc) is 3.18. The first-order chi connectivity index (χ1) is 10.7. The van der Waals surface area contributed by atoms with E-state index in [1.807, 2.05) is 0 Å². The van der Waals surface area contributed by atoms with Crippen molar-refractivity contribution in [1.82, 2.24) is 10.3 Å². The van der Waals surface area contributed by atoms with Crippen LogP contribution in [0.3, 0.4) is 0 Å². The lowest BCUT2D eigenvalue weighted by Crippen LogP contribution is -2.25. The minimum absolute atomic E-state index is 0.0995. The van der Waals surface area contributed by atoms with Crippen LogP contribution in [0, 0.1) is 0 Å². The Morgan fingerprint density at radius 1 is 1.36 bits per heavy atom. The molecule has 3 rings (SSSR count). The molecular weight excluding hydrogens is 318 g/mol. The fraction of sp³-hybridized carbons (Fsp3) is 0.375. The SMILES string of the molecule is O=C(NCCc1csc(N2CCCC2)n1)c1cccc(Cl)c1. The van der Waals surface area contributed by atoms with Gasteiger partial charge in [0.05, 0.1) is 5.69 Å². The Hall–Kier alpha value is -1.59. The fourth-order valence-corrected chi connectivity index (χ4v) is 3.60. The van der Waals surface area contributed by atoms with Gasteiger partial charge in [-0.05, 0) is 31.0 Å². The van der Waals surface area contributed by atoms with Crippen LogP contribution in [0.1, 0.15) is 28.9 Å². The molecule has 0 aliphatic carbocycles. The standard InChI is InChI=1S/C16H18ClN3OS/c17-13-5-3-4-12(10-13)15(21)18-7-6-14-11-22-16(19-14)20-8-1-2-9-20/h3-5,10-11H,1-2,6-9H2,(H,18,21). The van der Waals surface area contributed by atoms with Crippen molar-refractivity contribution in [1.29, 1.82) is 0 Å². The molecule has 0 bridgehead atoms. The van der Waals surface area contributed by atoms with E-state index in [1.165, 1.54) is 12.8 Å². The van der Waals surface area contributed by atoms with Crippen molar-refractivity contribution in [2.45, 2.75) is 19.3 Å². The van der Waals surface area contributed by atoms with Crippen LogP contribution in [0.5, 0.6) is 0 Å². The Labute approximate surface area is 139 Å². The lowest BCUT2D eigenvalue weighted by Gasteiger charge is -2.12. The predicted molar refractivity (Wildman–Crippen MR) is 91.1 cm³/mol. The highest BCUT2D eigenvalue weighted by Crippen LogP contribution is 2.24. The number of halogens is 1. The van der Waals surface area contributed by atoms with Gasteiger partial charge in [-0.25, -0.2) is 4.98 Å². The number of hydrogen-bond acceptors (Lipinski definition) is 4. The number of amides is 1. The third-order valence-corrected chi connectivity index (χ3v) is 4.86. The number of hydrogen-bond donors (Lipinski definition) is 1. The second-order valence-corrected chi connectivity index (χ2v) is 6.60. The normalized spacial score (nSPS) is 14.3. The molecule has 4 nitrogen and oxygen atoms in total. The number of nitrogens with one attached hydrogen (secondary N) is 1. The van der Waals surface area contributed by atoms with Crippen LogP contribution in [0.4, 0.5) is 5.13 Å². The molecule has 1 aliphatic heterocycles. The van der Waals surface area contributed by atoms with Crippen molar-refractivity contribution >= 4 is 34.0 Å². The van der Waals surface area contributed by atoms with Crippen molar-refractivity contribution in [3.8, 4) is 0 Å². The summed E-state index contributed by atoms with van der Waals surface area (Å²) >= 11 is 7.58. The maximum Gasteiger partial charge on any atom is 0.251 e. The molecule has 0 atom stereocenters. The van der Waals surface area contributed by atoms with E-state index in [-0.39, 0.29) is 5.91 Å². The minimum atomic E-state index is -0.0995. The Bertz CT molecular complexity index is 652. The number of thiazole rings is 1. The summed E-state index contributed by atoms with van der Waals surface area (Å²) in [6.07, 6.45) is 3.26. The summed E-state index contributed by atoms with van der Waals surface area (Å²) in [4.78, 5) is 19.0. The van der Waals surface area contributed by atoms with Gasteiger partial charge in [0.15, 0.2) is 5.13 Å². The van der Waals surface area contributed by atoms with Gasteiger partial charge < -0.3 is 10.2 Å². The number of carbonyl (C=O) groups excluding carboxylic acids is 1. The summed E-state index contributed by atoms with van der Waals surface area (Å²) in [6.45, 7) is 2.80. The lowest BCUT2D eigenvalue weighted by molar-refractivity contribution is 0.0954. The third kappa shape index (κ3) is 3.78. The minimum Gasteiger partial charge on any atom is -0.352 e. The smallest absolute Gasteiger partial charge is 0.251 e. The molecule has 0 spiro atoms. The van der Waals surface area contributed by atoms with E-state index in [2.05, 4.69) is 20.6 Å². The Morgan fingerprint density at radius 2 is 2.18 bits per heavy atom. The van der Waals surface area contributed by atoms with Crippen LogP contribution in [-0.2, 0) is 6.42 Å². The van der Waals surface area contributed by atoms with Gasteiger partial charge in [0.1, 0.15) is 0 Å². The molecule has 1 amide bonds. The number of nitrogens with zero attached hydrogens (tertiary/aromatic N) is 2.